The standard InChI is InChI=1S/C20H28O3/c1-12-10-16(22)19(3)8-6-15-18(2)7-5-14(21)11-13(18)4-9-20(15,23)17(12)19/h11-12,15,17,23H,4-10H2,1-3H3/t12-,15?,17?,18+,19?,20?/m1/s1. The minimum atomic E-state index is -0.745. The van der Waals surface area contributed by atoms with Crippen LogP contribution in [0.5, 0.6) is 0 Å². The lowest BCUT2D eigenvalue weighted by atomic mass is 9.44. The Kier molecular flexibility index (Phi) is 3.09. The Bertz CT molecular complexity index is 620. The number of carbonyl (C=O) groups is 2. The van der Waals surface area contributed by atoms with Crippen molar-refractivity contribution < 1.29 is 14.7 Å². The number of fused-ring (bicyclic) bond motifs is 5. The molecule has 0 radical (unpaired) electrons. The molecule has 1 N–H and O–H groups in total. The van der Waals surface area contributed by atoms with Gasteiger partial charge in [-0.05, 0) is 55.4 Å². The molecule has 0 saturated heterocycles. The zero-order chi connectivity index (χ0) is 16.6. The van der Waals surface area contributed by atoms with Gasteiger partial charge < -0.3 is 5.11 Å². The van der Waals surface area contributed by atoms with Gasteiger partial charge in [-0.1, -0.05) is 26.3 Å². The van der Waals surface area contributed by atoms with Crippen molar-refractivity contribution >= 4 is 11.6 Å². The topological polar surface area (TPSA) is 54.4 Å². The van der Waals surface area contributed by atoms with E-state index in [1.54, 1.807) is 0 Å². The monoisotopic (exact) mass is 316 g/mol. The molecule has 0 aliphatic heterocycles. The van der Waals surface area contributed by atoms with Crippen LogP contribution in [0.15, 0.2) is 11.6 Å². The van der Waals surface area contributed by atoms with Crippen LogP contribution in [-0.4, -0.2) is 22.3 Å². The maximum Gasteiger partial charge on any atom is 0.155 e. The molecule has 0 aromatic rings. The van der Waals surface area contributed by atoms with Crippen LogP contribution in [0, 0.1) is 28.6 Å². The summed E-state index contributed by atoms with van der Waals surface area (Å²) in [4.78, 5) is 24.4. The van der Waals surface area contributed by atoms with Crippen molar-refractivity contribution in [3.05, 3.63) is 11.6 Å². The normalized spacial score (nSPS) is 52.5. The largest absolute Gasteiger partial charge is 0.389 e. The molecule has 0 aromatic carbocycles. The van der Waals surface area contributed by atoms with Gasteiger partial charge in [0.15, 0.2) is 5.78 Å². The first-order valence-corrected chi connectivity index (χ1v) is 9.21. The molecular weight excluding hydrogens is 288 g/mol. The van der Waals surface area contributed by atoms with Gasteiger partial charge in [0.2, 0.25) is 0 Å². The van der Waals surface area contributed by atoms with Crippen molar-refractivity contribution in [1.82, 2.24) is 0 Å². The Hall–Kier alpha value is -0.960. The van der Waals surface area contributed by atoms with Gasteiger partial charge in [0.25, 0.3) is 0 Å². The summed E-state index contributed by atoms with van der Waals surface area (Å²) < 4.78 is 0. The first-order valence-electron chi connectivity index (χ1n) is 9.21. The summed E-state index contributed by atoms with van der Waals surface area (Å²) in [6.45, 7) is 6.49. The SMILES string of the molecule is C[C@@H]1CC(=O)C2(C)CCC3C(O)(CCC4=CC(=O)CC[C@@]43C)C12. The predicted octanol–water partition coefficient (Wildman–Crippen LogP) is 3.45. The molecule has 3 fully saturated rings. The second kappa shape index (κ2) is 4.56. The average Bonchev–Trinajstić information content (AvgIpc) is 2.70. The zero-order valence-corrected chi connectivity index (χ0v) is 14.5. The lowest BCUT2D eigenvalue weighted by molar-refractivity contribution is -0.192. The third-order valence-electron chi connectivity index (χ3n) is 8.02. The second-order valence-electron chi connectivity index (χ2n) is 9.14. The van der Waals surface area contributed by atoms with E-state index in [4.69, 9.17) is 0 Å². The number of ketones is 2. The number of rotatable bonds is 0. The fourth-order valence-electron chi connectivity index (χ4n) is 6.96. The molecule has 4 aliphatic carbocycles. The van der Waals surface area contributed by atoms with Crippen LogP contribution in [0.25, 0.3) is 0 Å². The molecule has 0 spiro atoms. The van der Waals surface area contributed by atoms with Gasteiger partial charge in [0, 0.05) is 24.2 Å². The summed E-state index contributed by atoms with van der Waals surface area (Å²) >= 11 is 0. The van der Waals surface area contributed by atoms with E-state index >= 15 is 0 Å². The predicted molar refractivity (Wildman–Crippen MR) is 87.7 cm³/mol. The van der Waals surface area contributed by atoms with E-state index in [1.807, 2.05) is 6.08 Å². The van der Waals surface area contributed by atoms with E-state index in [1.165, 1.54) is 5.57 Å². The van der Waals surface area contributed by atoms with E-state index in [0.717, 1.165) is 25.7 Å². The summed E-state index contributed by atoms with van der Waals surface area (Å²) in [6, 6.07) is 0. The molecule has 4 unspecified atom stereocenters. The van der Waals surface area contributed by atoms with Gasteiger partial charge in [-0.25, -0.2) is 0 Å². The zero-order valence-electron chi connectivity index (χ0n) is 14.5. The number of Topliss-reactive ketones (excluding diaryl/α,β-unsaturated/α-hetero) is 1. The second-order valence-corrected chi connectivity index (χ2v) is 9.14. The minimum Gasteiger partial charge on any atom is -0.389 e. The smallest absolute Gasteiger partial charge is 0.155 e. The Morgan fingerprint density at radius 1 is 1.09 bits per heavy atom. The number of carbonyl (C=O) groups excluding carboxylic acids is 2. The molecular formula is C20H28O3. The van der Waals surface area contributed by atoms with Crippen LogP contribution in [0.3, 0.4) is 0 Å². The molecule has 3 nitrogen and oxygen atoms in total. The van der Waals surface area contributed by atoms with Gasteiger partial charge >= 0.3 is 0 Å². The Balaban J connectivity index is 1.80. The molecule has 0 heterocycles. The highest BCUT2D eigenvalue weighted by Gasteiger charge is 2.67. The van der Waals surface area contributed by atoms with Crippen molar-refractivity contribution in [2.75, 3.05) is 0 Å². The number of aliphatic hydroxyl groups is 1. The van der Waals surface area contributed by atoms with E-state index in [-0.39, 0.29) is 34.4 Å². The van der Waals surface area contributed by atoms with Crippen molar-refractivity contribution in [3.63, 3.8) is 0 Å². The molecule has 126 valence electrons. The number of allylic oxidation sites excluding steroid dienone is 1. The molecule has 23 heavy (non-hydrogen) atoms. The summed E-state index contributed by atoms with van der Waals surface area (Å²) in [5, 5.41) is 11.8. The van der Waals surface area contributed by atoms with E-state index in [0.29, 0.717) is 25.0 Å². The van der Waals surface area contributed by atoms with Crippen LogP contribution >= 0.6 is 0 Å². The van der Waals surface area contributed by atoms with Gasteiger partial charge in [-0.15, -0.1) is 0 Å². The molecule has 6 atom stereocenters. The first kappa shape index (κ1) is 15.6. The number of hydrogen-bond acceptors (Lipinski definition) is 3. The highest BCUT2D eigenvalue weighted by molar-refractivity contribution is 5.92. The van der Waals surface area contributed by atoms with Crippen LogP contribution in [0.1, 0.15) is 65.7 Å². The van der Waals surface area contributed by atoms with Crippen LogP contribution in [0.4, 0.5) is 0 Å². The third kappa shape index (κ3) is 1.80. The third-order valence-corrected chi connectivity index (χ3v) is 8.02. The van der Waals surface area contributed by atoms with E-state index < -0.39 is 5.60 Å². The lowest BCUT2D eigenvalue weighted by Gasteiger charge is -2.61. The van der Waals surface area contributed by atoms with Gasteiger partial charge in [-0.3, -0.25) is 9.59 Å². The summed E-state index contributed by atoms with van der Waals surface area (Å²) in [5.41, 5.74) is 0.106. The molecule has 4 aliphatic rings. The Morgan fingerprint density at radius 2 is 1.83 bits per heavy atom. The van der Waals surface area contributed by atoms with Crippen LogP contribution in [-0.2, 0) is 9.59 Å². The summed E-state index contributed by atoms with van der Waals surface area (Å²) in [6.07, 6.45) is 7.26. The van der Waals surface area contributed by atoms with Crippen LogP contribution in [0.2, 0.25) is 0 Å². The summed E-state index contributed by atoms with van der Waals surface area (Å²) in [5.74, 6) is 1.13. The van der Waals surface area contributed by atoms with Crippen molar-refractivity contribution in [2.24, 2.45) is 28.6 Å². The van der Waals surface area contributed by atoms with Gasteiger partial charge in [0.05, 0.1) is 5.60 Å². The van der Waals surface area contributed by atoms with E-state index in [9.17, 15) is 14.7 Å². The molecule has 0 amide bonds. The Labute approximate surface area is 138 Å². The maximum atomic E-state index is 12.6. The minimum absolute atomic E-state index is 0.0619. The van der Waals surface area contributed by atoms with Crippen molar-refractivity contribution in [3.8, 4) is 0 Å². The average molecular weight is 316 g/mol. The van der Waals surface area contributed by atoms with Crippen molar-refractivity contribution in [2.45, 2.75) is 71.3 Å². The van der Waals surface area contributed by atoms with Gasteiger partial charge in [-0.2, -0.15) is 0 Å². The molecule has 4 rings (SSSR count). The maximum absolute atomic E-state index is 12.6. The molecule has 0 aromatic heterocycles. The Morgan fingerprint density at radius 3 is 2.57 bits per heavy atom. The molecule has 0 bridgehead atoms. The van der Waals surface area contributed by atoms with Crippen LogP contribution < -0.4 is 0 Å². The first-order chi connectivity index (χ1) is 10.7. The highest BCUT2D eigenvalue weighted by atomic mass is 16.3. The fraction of sp³-hybridized carbons (Fsp3) is 0.800. The van der Waals surface area contributed by atoms with E-state index in [2.05, 4.69) is 20.8 Å². The molecule has 3 saturated carbocycles. The van der Waals surface area contributed by atoms with Crippen molar-refractivity contribution in [1.29, 1.82) is 0 Å². The quantitative estimate of drug-likeness (QED) is 0.745. The molecule has 3 heteroatoms. The fourth-order valence-corrected chi connectivity index (χ4v) is 6.96. The summed E-state index contributed by atoms with van der Waals surface area (Å²) in [7, 11) is 0. The lowest BCUT2D eigenvalue weighted by Crippen LogP contribution is -2.63. The number of hydrogen-bond donors (Lipinski definition) is 1. The van der Waals surface area contributed by atoms with Gasteiger partial charge in [0.1, 0.15) is 5.78 Å². The highest BCUT2D eigenvalue weighted by Crippen LogP contribution is 2.67.